The van der Waals surface area contributed by atoms with Crippen LogP contribution in [0.5, 0.6) is 0 Å². The van der Waals surface area contributed by atoms with E-state index in [0.717, 1.165) is 0 Å². The van der Waals surface area contributed by atoms with Gasteiger partial charge in [0.05, 0.1) is 11.5 Å². The molecule has 9 nitrogen and oxygen atoms in total. The number of benzene rings is 1. The molecular formula is C17H23N3O6. The van der Waals surface area contributed by atoms with E-state index in [4.69, 9.17) is 4.74 Å². The first kappa shape index (κ1) is 19.5. The van der Waals surface area contributed by atoms with E-state index in [2.05, 4.69) is 5.32 Å². The van der Waals surface area contributed by atoms with E-state index in [1.54, 1.807) is 44.7 Å². The molecule has 0 aliphatic carbocycles. The molecule has 1 aromatic carbocycles. The van der Waals surface area contributed by atoms with Crippen LogP contribution in [-0.2, 0) is 9.53 Å². The van der Waals surface area contributed by atoms with Crippen LogP contribution in [0.2, 0.25) is 0 Å². The van der Waals surface area contributed by atoms with Crippen LogP contribution in [-0.4, -0.2) is 46.3 Å². The Morgan fingerprint density at radius 3 is 2.58 bits per heavy atom. The van der Waals surface area contributed by atoms with E-state index in [-0.39, 0.29) is 18.7 Å². The van der Waals surface area contributed by atoms with E-state index in [0.29, 0.717) is 17.8 Å². The van der Waals surface area contributed by atoms with Crippen molar-refractivity contribution >= 4 is 23.4 Å². The summed E-state index contributed by atoms with van der Waals surface area (Å²) in [5.41, 5.74) is -1.23. The maximum atomic E-state index is 12.1. The zero-order valence-corrected chi connectivity index (χ0v) is 15.2. The highest BCUT2D eigenvalue weighted by Gasteiger charge is 2.47. The summed E-state index contributed by atoms with van der Waals surface area (Å²) in [5.74, 6) is -1.17. The van der Waals surface area contributed by atoms with Crippen molar-refractivity contribution in [1.29, 1.82) is 0 Å². The summed E-state index contributed by atoms with van der Waals surface area (Å²) in [6, 6.07) is 4.74. The second-order valence-corrected chi connectivity index (χ2v) is 7.41. The van der Waals surface area contributed by atoms with Crippen molar-refractivity contribution in [3.8, 4) is 0 Å². The number of nitrogens with zero attached hydrogens (tertiary/aromatic N) is 2. The molecule has 1 unspecified atom stereocenters. The molecule has 1 saturated heterocycles. The van der Waals surface area contributed by atoms with Crippen molar-refractivity contribution in [2.45, 2.75) is 45.3 Å². The largest absolute Gasteiger partial charge is 0.479 e. The van der Waals surface area contributed by atoms with Gasteiger partial charge in [-0.1, -0.05) is 6.07 Å². The number of hydrogen-bond donors (Lipinski definition) is 2. The average Bonchev–Trinajstić information content (AvgIpc) is 2.90. The standard InChI is InChI=1S/C17H23N3O6/c1-11-5-6-12(9-13(11)20(24)25)19-8-7-17(10-19,14(21)22)18-15(23)26-16(2,3)4/h5-6,9H,7-8,10H2,1-4H3,(H,18,23)(H,21,22). The molecule has 26 heavy (non-hydrogen) atoms. The molecule has 1 heterocycles. The summed E-state index contributed by atoms with van der Waals surface area (Å²) in [6.45, 7) is 7.02. The number of alkyl carbamates (subject to hydrolysis) is 1. The first-order chi connectivity index (χ1) is 11.9. The molecular weight excluding hydrogens is 342 g/mol. The minimum atomic E-state index is -1.51. The zero-order valence-electron chi connectivity index (χ0n) is 15.2. The van der Waals surface area contributed by atoms with Gasteiger partial charge in [-0.3, -0.25) is 10.1 Å². The molecule has 1 amide bonds. The Bertz CT molecular complexity index is 743. The van der Waals surface area contributed by atoms with E-state index >= 15 is 0 Å². The lowest BCUT2D eigenvalue weighted by Gasteiger charge is -2.28. The molecule has 0 radical (unpaired) electrons. The highest BCUT2D eigenvalue weighted by atomic mass is 16.6. The molecule has 142 valence electrons. The number of aryl methyl sites for hydroxylation is 1. The lowest BCUT2D eigenvalue weighted by molar-refractivity contribution is -0.385. The Morgan fingerprint density at radius 1 is 1.38 bits per heavy atom. The van der Waals surface area contributed by atoms with Crippen LogP contribution in [0.25, 0.3) is 0 Å². The second kappa shape index (κ2) is 6.81. The van der Waals surface area contributed by atoms with Crippen LogP contribution in [0.3, 0.4) is 0 Å². The van der Waals surface area contributed by atoms with Gasteiger partial charge in [-0.05, 0) is 33.8 Å². The number of carboxylic acid groups (broad SMARTS) is 1. The molecule has 1 aliphatic heterocycles. The quantitative estimate of drug-likeness (QED) is 0.621. The first-order valence-electron chi connectivity index (χ1n) is 8.18. The fourth-order valence-electron chi connectivity index (χ4n) is 2.85. The summed E-state index contributed by atoms with van der Waals surface area (Å²) in [4.78, 5) is 36.2. The lowest BCUT2D eigenvalue weighted by atomic mass is 9.99. The van der Waals surface area contributed by atoms with Crippen molar-refractivity contribution in [2.75, 3.05) is 18.0 Å². The fraction of sp³-hybridized carbons (Fsp3) is 0.529. The average molecular weight is 365 g/mol. The van der Waals surface area contributed by atoms with Crippen molar-refractivity contribution < 1.29 is 24.4 Å². The van der Waals surface area contributed by atoms with Crippen LogP contribution in [0.15, 0.2) is 18.2 Å². The van der Waals surface area contributed by atoms with E-state index in [1.807, 2.05) is 0 Å². The van der Waals surface area contributed by atoms with Gasteiger partial charge < -0.3 is 20.1 Å². The highest BCUT2D eigenvalue weighted by molar-refractivity contribution is 5.86. The molecule has 0 aromatic heterocycles. The second-order valence-electron chi connectivity index (χ2n) is 7.41. The Morgan fingerprint density at radius 2 is 2.04 bits per heavy atom. The van der Waals surface area contributed by atoms with E-state index in [1.165, 1.54) is 6.07 Å². The minimum absolute atomic E-state index is 0.0121. The third-order valence-electron chi connectivity index (χ3n) is 4.17. The number of nitro groups is 1. The monoisotopic (exact) mass is 365 g/mol. The molecule has 1 fully saturated rings. The summed E-state index contributed by atoms with van der Waals surface area (Å²) < 4.78 is 5.16. The van der Waals surface area contributed by atoms with Gasteiger partial charge in [0.25, 0.3) is 5.69 Å². The maximum Gasteiger partial charge on any atom is 0.408 e. The van der Waals surface area contributed by atoms with Gasteiger partial charge in [-0.25, -0.2) is 9.59 Å². The number of nitrogens with one attached hydrogen (secondary N) is 1. The first-order valence-corrected chi connectivity index (χ1v) is 8.18. The predicted molar refractivity (Wildman–Crippen MR) is 94.4 cm³/mol. The lowest BCUT2D eigenvalue weighted by Crippen LogP contribution is -2.57. The van der Waals surface area contributed by atoms with E-state index in [9.17, 15) is 24.8 Å². The fourth-order valence-corrected chi connectivity index (χ4v) is 2.85. The molecule has 1 aliphatic rings. The number of nitro benzene ring substituents is 1. The van der Waals surface area contributed by atoms with Gasteiger partial charge in [0, 0.05) is 30.3 Å². The van der Waals surface area contributed by atoms with Crippen LogP contribution < -0.4 is 10.2 Å². The van der Waals surface area contributed by atoms with E-state index < -0.39 is 28.1 Å². The van der Waals surface area contributed by atoms with Crippen LogP contribution in [0.1, 0.15) is 32.8 Å². The molecule has 1 aromatic rings. The Kier molecular flexibility index (Phi) is 5.11. The summed E-state index contributed by atoms with van der Waals surface area (Å²) in [6.07, 6.45) is -0.653. The van der Waals surface area contributed by atoms with Gasteiger partial charge in [0.2, 0.25) is 0 Å². The molecule has 2 rings (SSSR count). The molecule has 0 saturated carbocycles. The van der Waals surface area contributed by atoms with Crippen molar-refractivity contribution in [3.63, 3.8) is 0 Å². The number of amides is 1. The van der Waals surface area contributed by atoms with Gasteiger partial charge in [0.1, 0.15) is 5.60 Å². The van der Waals surface area contributed by atoms with Gasteiger partial charge in [0.15, 0.2) is 5.54 Å². The number of hydrogen-bond acceptors (Lipinski definition) is 6. The number of aliphatic carboxylic acids is 1. The van der Waals surface area contributed by atoms with Crippen LogP contribution >= 0.6 is 0 Å². The van der Waals surface area contributed by atoms with Crippen LogP contribution in [0, 0.1) is 17.0 Å². The molecule has 9 heteroatoms. The maximum absolute atomic E-state index is 12.1. The zero-order chi connectivity index (χ0) is 19.7. The number of carbonyl (C=O) groups excluding carboxylic acids is 1. The molecule has 2 N–H and O–H groups in total. The van der Waals surface area contributed by atoms with Crippen molar-refractivity contribution in [3.05, 3.63) is 33.9 Å². The molecule has 0 spiro atoms. The van der Waals surface area contributed by atoms with Crippen LogP contribution in [0.4, 0.5) is 16.2 Å². The third kappa shape index (κ3) is 4.22. The highest BCUT2D eigenvalue weighted by Crippen LogP contribution is 2.31. The number of carbonyl (C=O) groups is 2. The third-order valence-corrected chi connectivity index (χ3v) is 4.17. The molecule has 1 atom stereocenters. The normalized spacial score (nSPS) is 19.9. The number of rotatable bonds is 4. The predicted octanol–water partition coefficient (Wildman–Crippen LogP) is 2.46. The number of anilines is 1. The Labute approximate surface area is 151 Å². The topological polar surface area (TPSA) is 122 Å². The van der Waals surface area contributed by atoms with Crippen molar-refractivity contribution in [2.24, 2.45) is 0 Å². The number of carboxylic acids is 1. The minimum Gasteiger partial charge on any atom is -0.479 e. The summed E-state index contributed by atoms with van der Waals surface area (Å²) >= 11 is 0. The summed E-state index contributed by atoms with van der Waals surface area (Å²) in [7, 11) is 0. The smallest absolute Gasteiger partial charge is 0.408 e. The van der Waals surface area contributed by atoms with Gasteiger partial charge in [-0.15, -0.1) is 0 Å². The Hall–Kier alpha value is -2.84. The number of ether oxygens (including phenoxy) is 1. The molecule has 0 bridgehead atoms. The SMILES string of the molecule is Cc1ccc(N2CCC(NC(=O)OC(C)(C)C)(C(=O)O)C2)cc1[N+](=O)[O-]. The van der Waals surface area contributed by atoms with Crippen molar-refractivity contribution in [1.82, 2.24) is 5.32 Å². The van der Waals surface area contributed by atoms with Gasteiger partial charge >= 0.3 is 12.1 Å². The summed E-state index contributed by atoms with van der Waals surface area (Å²) in [5, 5.41) is 23.2. The van der Waals surface area contributed by atoms with Gasteiger partial charge in [-0.2, -0.15) is 0 Å². The Balaban J connectivity index is 2.22.